The van der Waals surface area contributed by atoms with E-state index in [1.54, 1.807) is 19.1 Å². The minimum Gasteiger partial charge on any atom is -0.478 e. The second-order valence-corrected chi connectivity index (χ2v) is 5.91. The van der Waals surface area contributed by atoms with Crippen molar-refractivity contribution in [3.8, 4) is 11.3 Å². The molecule has 0 fully saturated rings. The first-order chi connectivity index (χ1) is 11.7. The monoisotopic (exact) mass is 365 g/mol. The summed E-state index contributed by atoms with van der Waals surface area (Å²) in [5.74, 6) is -1.15. The third-order valence-corrected chi connectivity index (χ3v) is 4.32. The number of carboxylic acids is 1. The summed E-state index contributed by atoms with van der Waals surface area (Å²) in [6.07, 6.45) is -4.44. The van der Waals surface area contributed by atoms with E-state index in [4.69, 9.17) is 11.6 Å². The number of alkyl halides is 3. The van der Waals surface area contributed by atoms with Gasteiger partial charge in [0.2, 0.25) is 0 Å². The van der Waals surface area contributed by atoms with Crippen molar-refractivity contribution < 1.29 is 23.1 Å². The van der Waals surface area contributed by atoms with Gasteiger partial charge in [-0.2, -0.15) is 13.2 Å². The van der Waals surface area contributed by atoms with E-state index in [2.05, 4.69) is 4.98 Å². The lowest BCUT2D eigenvalue weighted by Crippen LogP contribution is -2.04. The zero-order valence-corrected chi connectivity index (χ0v) is 13.6. The van der Waals surface area contributed by atoms with Crippen LogP contribution in [0.4, 0.5) is 13.2 Å². The smallest absolute Gasteiger partial charge is 0.416 e. The van der Waals surface area contributed by atoms with Gasteiger partial charge >= 0.3 is 12.1 Å². The van der Waals surface area contributed by atoms with Crippen LogP contribution in [0.5, 0.6) is 0 Å². The van der Waals surface area contributed by atoms with E-state index in [0.29, 0.717) is 27.1 Å². The van der Waals surface area contributed by atoms with Crippen LogP contribution in [-0.4, -0.2) is 16.1 Å². The highest BCUT2D eigenvalue weighted by Gasteiger charge is 2.30. The Labute approximate surface area is 145 Å². The van der Waals surface area contributed by atoms with Gasteiger partial charge in [0.05, 0.1) is 22.3 Å². The van der Waals surface area contributed by atoms with Gasteiger partial charge in [0.1, 0.15) is 0 Å². The number of aromatic nitrogens is 1. The van der Waals surface area contributed by atoms with Gasteiger partial charge in [-0.15, -0.1) is 0 Å². The Hall–Kier alpha value is -2.60. The van der Waals surface area contributed by atoms with Crippen molar-refractivity contribution in [2.24, 2.45) is 0 Å². The number of nitrogens with zero attached hydrogens (tertiary/aromatic N) is 1. The molecule has 3 rings (SSSR count). The molecule has 0 spiro atoms. The number of carbonyl (C=O) groups is 1. The number of fused-ring (bicyclic) bond motifs is 1. The fourth-order valence-corrected chi connectivity index (χ4v) is 2.71. The molecule has 7 heteroatoms. The van der Waals surface area contributed by atoms with Crippen LogP contribution in [0, 0.1) is 6.92 Å². The van der Waals surface area contributed by atoms with Gasteiger partial charge in [-0.1, -0.05) is 29.8 Å². The molecule has 3 nitrogen and oxygen atoms in total. The molecule has 1 aromatic heterocycles. The number of rotatable bonds is 2. The maximum Gasteiger partial charge on any atom is 0.416 e. The molecule has 0 aliphatic rings. The largest absolute Gasteiger partial charge is 0.478 e. The van der Waals surface area contributed by atoms with E-state index in [9.17, 15) is 23.1 Å². The van der Waals surface area contributed by atoms with Crippen molar-refractivity contribution in [3.05, 3.63) is 64.2 Å². The van der Waals surface area contributed by atoms with E-state index >= 15 is 0 Å². The molecule has 2 aromatic carbocycles. The number of carboxylic acid groups (broad SMARTS) is 1. The molecule has 25 heavy (non-hydrogen) atoms. The molecular formula is C18H11ClF3NO2. The van der Waals surface area contributed by atoms with Crippen LogP contribution >= 0.6 is 11.6 Å². The summed E-state index contributed by atoms with van der Waals surface area (Å²) < 4.78 is 38.1. The summed E-state index contributed by atoms with van der Waals surface area (Å²) in [6.45, 7) is 1.71. The van der Waals surface area contributed by atoms with Gasteiger partial charge in [-0.3, -0.25) is 0 Å². The van der Waals surface area contributed by atoms with E-state index in [0.717, 1.165) is 12.1 Å². The summed E-state index contributed by atoms with van der Waals surface area (Å²) >= 11 is 6.08. The Kier molecular flexibility index (Phi) is 4.16. The SMILES string of the molecule is Cc1c(Cl)ccc2c(C(=O)O)cc(-c3ccc(C(F)(F)F)cc3)nc12. The van der Waals surface area contributed by atoms with Gasteiger partial charge in [-0.25, -0.2) is 9.78 Å². The lowest BCUT2D eigenvalue weighted by Gasteiger charge is -2.11. The van der Waals surface area contributed by atoms with Crippen LogP contribution in [0.3, 0.4) is 0 Å². The van der Waals surface area contributed by atoms with Gasteiger partial charge in [0, 0.05) is 16.0 Å². The number of hydrogen-bond donors (Lipinski definition) is 1. The number of halogens is 4. The molecule has 3 aromatic rings. The highest BCUT2D eigenvalue weighted by molar-refractivity contribution is 6.32. The molecule has 0 saturated carbocycles. The lowest BCUT2D eigenvalue weighted by atomic mass is 10.0. The van der Waals surface area contributed by atoms with Gasteiger partial charge in [0.25, 0.3) is 0 Å². The van der Waals surface area contributed by atoms with Crippen LogP contribution in [0.15, 0.2) is 42.5 Å². The van der Waals surface area contributed by atoms with Crippen LogP contribution < -0.4 is 0 Å². The Bertz CT molecular complexity index is 982. The highest BCUT2D eigenvalue weighted by atomic mass is 35.5. The molecule has 0 bridgehead atoms. The minimum atomic E-state index is -4.44. The first kappa shape index (κ1) is 17.2. The standard InChI is InChI=1S/C18H11ClF3NO2/c1-9-14(19)7-6-12-13(17(24)25)8-15(23-16(9)12)10-2-4-11(5-3-10)18(20,21)22/h2-8H,1H3,(H,24,25). The van der Waals surface area contributed by atoms with Crippen molar-refractivity contribution in [1.29, 1.82) is 0 Å². The molecule has 0 amide bonds. The maximum atomic E-state index is 12.7. The van der Waals surface area contributed by atoms with Crippen LogP contribution in [0.1, 0.15) is 21.5 Å². The predicted molar refractivity (Wildman–Crippen MR) is 88.9 cm³/mol. The topological polar surface area (TPSA) is 50.2 Å². The first-order valence-corrected chi connectivity index (χ1v) is 7.57. The number of aryl methyl sites for hydroxylation is 1. The first-order valence-electron chi connectivity index (χ1n) is 7.19. The minimum absolute atomic E-state index is 0.0136. The third kappa shape index (κ3) is 3.17. The Balaban J connectivity index is 2.23. The van der Waals surface area contributed by atoms with Crippen molar-refractivity contribution in [1.82, 2.24) is 4.98 Å². The predicted octanol–water partition coefficient (Wildman–Crippen LogP) is 5.58. The number of hydrogen-bond acceptors (Lipinski definition) is 2. The van der Waals surface area contributed by atoms with Crippen molar-refractivity contribution in [2.45, 2.75) is 13.1 Å². The number of aromatic carboxylic acids is 1. The normalized spacial score (nSPS) is 11.7. The van der Waals surface area contributed by atoms with E-state index < -0.39 is 17.7 Å². The molecule has 1 N–H and O–H groups in total. The average Bonchev–Trinajstić information content (AvgIpc) is 2.56. The molecule has 0 aliphatic heterocycles. The number of benzene rings is 2. The molecule has 0 radical (unpaired) electrons. The van der Waals surface area contributed by atoms with Gasteiger partial charge in [0.15, 0.2) is 0 Å². The van der Waals surface area contributed by atoms with Gasteiger partial charge < -0.3 is 5.11 Å². The van der Waals surface area contributed by atoms with Crippen LogP contribution in [0.25, 0.3) is 22.2 Å². The summed E-state index contributed by atoms with van der Waals surface area (Å²) in [5, 5.41) is 10.3. The molecule has 1 heterocycles. The molecule has 0 saturated heterocycles. The number of pyridine rings is 1. The molecular weight excluding hydrogens is 355 g/mol. The lowest BCUT2D eigenvalue weighted by molar-refractivity contribution is -0.137. The zero-order valence-electron chi connectivity index (χ0n) is 12.9. The second-order valence-electron chi connectivity index (χ2n) is 5.50. The van der Waals surface area contributed by atoms with E-state index in [1.807, 2.05) is 0 Å². The quantitative estimate of drug-likeness (QED) is 0.645. The third-order valence-electron chi connectivity index (χ3n) is 3.91. The average molecular weight is 366 g/mol. The molecule has 0 atom stereocenters. The van der Waals surface area contributed by atoms with Crippen LogP contribution in [-0.2, 0) is 6.18 Å². The van der Waals surface area contributed by atoms with E-state index in [1.165, 1.54) is 18.2 Å². The molecule has 0 unspecified atom stereocenters. The highest BCUT2D eigenvalue weighted by Crippen LogP contribution is 2.33. The fraction of sp³-hybridized carbons (Fsp3) is 0.111. The van der Waals surface area contributed by atoms with Crippen molar-refractivity contribution >= 4 is 28.5 Å². The Morgan fingerprint density at radius 3 is 2.32 bits per heavy atom. The molecule has 0 aliphatic carbocycles. The summed E-state index contributed by atoms with van der Waals surface area (Å²) in [7, 11) is 0. The van der Waals surface area contributed by atoms with Gasteiger partial charge in [-0.05, 0) is 36.8 Å². The fourth-order valence-electron chi connectivity index (χ4n) is 2.56. The van der Waals surface area contributed by atoms with E-state index in [-0.39, 0.29) is 11.3 Å². The summed E-state index contributed by atoms with van der Waals surface area (Å²) in [6, 6.07) is 8.91. The summed E-state index contributed by atoms with van der Waals surface area (Å²) in [4.78, 5) is 16.0. The molecule has 128 valence electrons. The Morgan fingerprint density at radius 1 is 1.12 bits per heavy atom. The van der Waals surface area contributed by atoms with Crippen LogP contribution in [0.2, 0.25) is 5.02 Å². The van der Waals surface area contributed by atoms with Crippen molar-refractivity contribution in [3.63, 3.8) is 0 Å². The Morgan fingerprint density at radius 2 is 1.76 bits per heavy atom. The van der Waals surface area contributed by atoms with Crippen molar-refractivity contribution in [2.75, 3.05) is 0 Å². The maximum absolute atomic E-state index is 12.7. The zero-order chi connectivity index (χ0) is 18.4. The summed E-state index contributed by atoms with van der Waals surface area (Å²) in [5.41, 5.74) is 0.896. The second kappa shape index (κ2) is 6.04.